The van der Waals surface area contributed by atoms with Crippen LogP contribution < -0.4 is 4.74 Å². The van der Waals surface area contributed by atoms with Crippen molar-refractivity contribution < 1.29 is 9.53 Å². The molecule has 0 unspecified atom stereocenters. The molecule has 2 rings (SSSR count). The zero-order chi connectivity index (χ0) is 15.1. The SMILES string of the molecule is CCc1cccc(C#N)c1OC(=O)/C=C/c1ccccc1. The molecule has 0 N–H and O–H groups in total. The van der Waals surface area contributed by atoms with Crippen LogP contribution in [-0.2, 0) is 11.2 Å². The fraction of sp³-hybridized carbons (Fsp3) is 0.111. The number of para-hydroxylation sites is 1. The summed E-state index contributed by atoms with van der Waals surface area (Å²) in [6.07, 6.45) is 3.74. The molecule has 2 aromatic carbocycles. The van der Waals surface area contributed by atoms with Crippen molar-refractivity contribution in [3.8, 4) is 11.8 Å². The summed E-state index contributed by atoms with van der Waals surface area (Å²) >= 11 is 0. The summed E-state index contributed by atoms with van der Waals surface area (Å²) in [5, 5.41) is 9.10. The topological polar surface area (TPSA) is 50.1 Å². The van der Waals surface area contributed by atoms with Crippen LogP contribution in [0.3, 0.4) is 0 Å². The number of carbonyl (C=O) groups excluding carboxylic acids is 1. The van der Waals surface area contributed by atoms with Crippen molar-refractivity contribution in [1.82, 2.24) is 0 Å². The lowest BCUT2D eigenvalue weighted by atomic mass is 10.1. The van der Waals surface area contributed by atoms with Crippen molar-refractivity contribution in [2.45, 2.75) is 13.3 Å². The Hall–Kier alpha value is -2.86. The number of benzene rings is 2. The Morgan fingerprint density at radius 2 is 1.95 bits per heavy atom. The molecule has 3 nitrogen and oxygen atoms in total. The summed E-state index contributed by atoms with van der Waals surface area (Å²) in [6, 6.07) is 16.8. The fourth-order valence-corrected chi connectivity index (χ4v) is 1.93. The van der Waals surface area contributed by atoms with Gasteiger partial charge in [0.05, 0.1) is 5.56 Å². The fourth-order valence-electron chi connectivity index (χ4n) is 1.93. The van der Waals surface area contributed by atoms with Gasteiger partial charge in [0.15, 0.2) is 5.75 Å². The Kier molecular flexibility index (Phi) is 4.89. The molecule has 0 aliphatic carbocycles. The largest absolute Gasteiger partial charge is 0.422 e. The molecular weight excluding hydrogens is 262 g/mol. The number of hydrogen-bond donors (Lipinski definition) is 0. The van der Waals surface area contributed by atoms with Crippen molar-refractivity contribution >= 4 is 12.0 Å². The van der Waals surface area contributed by atoms with E-state index in [0.717, 1.165) is 11.1 Å². The van der Waals surface area contributed by atoms with Gasteiger partial charge in [-0.25, -0.2) is 4.79 Å². The minimum atomic E-state index is -0.490. The summed E-state index contributed by atoms with van der Waals surface area (Å²) in [5.74, 6) is -0.138. The van der Waals surface area contributed by atoms with Crippen LogP contribution in [0.1, 0.15) is 23.6 Å². The third-order valence-electron chi connectivity index (χ3n) is 3.01. The summed E-state index contributed by atoms with van der Waals surface area (Å²) in [6.45, 7) is 1.95. The molecule has 0 aromatic heterocycles. The maximum Gasteiger partial charge on any atom is 0.336 e. The van der Waals surface area contributed by atoms with Gasteiger partial charge in [-0.2, -0.15) is 5.26 Å². The molecule has 3 heteroatoms. The van der Waals surface area contributed by atoms with Gasteiger partial charge in [0, 0.05) is 6.08 Å². The first kappa shape index (κ1) is 14.5. The van der Waals surface area contributed by atoms with Gasteiger partial charge < -0.3 is 4.74 Å². The highest BCUT2D eigenvalue weighted by Gasteiger charge is 2.11. The molecule has 0 radical (unpaired) electrons. The molecule has 0 heterocycles. The van der Waals surface area contributed by atoms with Gasteiger partial charge in [0.2, 0.25) is 0 Å². The third-order valence-corrected chi connectivity index (χ3v) is 3.01. The maximum absolute atomic E-state index is 11.9. The number of aryl methyl sites for hydroxylation is 1. The molecule has 0 fully saturated rings. The van der Waals surface area contributed by atoms with E-state index in [9.17, 15) is 4.79 Å². The minimum absolute atomic E-state index is 0.352. The molecular formula is C18H15NO2. The van der Waals surface area contributed by atoms with E-state index >= 15 is 0 Å². The van der Waals surface area contributed by atoms with Crippen molar-refractivity contribution in [3.63, 3.8) is 0 Å². The normalized spacial score (nSPS) is 10.3. The zero-order valence-electron chi connectivity index (χ0n) is 11.7. The Morgan fingerprint density at radius 3 is 2.62 bits per heavy atom. The van der Waals surface area contributed by atoms with E-state index in [0.29, 0.717) is 17.7 Å². The molecule has 21 heavy (non-hydrogen) atoms. The van der Waals surface area contributed by atoms with Crippen LogP contribution in [0.5, 0.6) is 5.75 Å². The zero-order valence-corrected chi connectivity index (χ0v) is 11.7. The molecule has 0 aliphatic heterocycles. The van der Waals surface area contributed by atoms with Crippen LogP contribution in [-0.4, -0.2) is 5.97 Å². The highest BCUT2D eigenvalue weighted by molar-refractivity contribution is 5.89. The number of nitrogens with zero attached hydrogens (tertiary/aromatic N) is 1. The number of carbonyl (C=O) groups is 1. The molecule has 0 amide bonds. The number of rotatable bonds is 4. The van der Waals surface area contributed by atoms with E-state index in [4.69, 9.17) is 10.00 Å². The van der Waals surface area contributed by atoms with E-state index < -0.39 is 5.97 Å². The number of hydrogen-bond acceptors (Lipinski definition) is 3. The van der Waals surface area contributed by atoms with E-state index in [1.807, 2.05) is 49.4 Å². The molecule has 2 aromatic rings. The lowest BCUT2D eigenvalue weighted by Gasteiger charge is -2.08. The molecule has 0 saturated carbocycles. The van der Waals surface area contributed by atoms with Gasteiger partial charge in [-0.3, -0.25) is 0 Å². The highest BCUT2D eigenvalue weighted by Crippen LogP contribution is 2.24. The van der Waals surface area contributed by atoms with Gasteiger partial charge in [-0.05, 0) is 29.7 Å². The minimum Gasteiger partial charge on any atom is -0.422 e. The summed E-state index contributed by atoms with van der Waals surface area (Å²) in [5.41, 5.74) is 2.13. The third kappa shape index (κ3) is 3.80. The highest BCUT2D eigenvalue weighted by atomic mass is 16.5. The summed E-state index contributed by atoms with van der Waals surface area (Å²) in [4.78, 5) is 11.9. The van der Waals surface area contributed by atoms with E-state index in [1.54, 1.807) is 18.2 Å². The molecule has 104 valence electrons. The molecule has 0 atom stereocenters. The Balaban J connectivity index is 2.17. The molecule has 0 spiro atoms. The number of nitriles is 1. The van der Waals surface area contributed by atoms with Crippen molar-refractivity contribution in [3.05, 3.63) is 71.3 Å². The van der Waals surface area contributed by atoms with Crippen molar-refractivity contribution in [1.29, 1.82) is 5.26 Å². The molecule has 0 aliphatic rings. The summed E-state index contributed by atoms with van der Waals surface area (Å²) in [7, 11) is 0. The molecule has 0 saturated heterocycles. The van der Waals surface area contributed by atoms with Crippen LogP contribution >= 0.6 is 0 Å². The standard InChI is InChI=1S/C18H15NO2/c1-2-15-9-6-10-16(13-19)18(15)21-17(20)12-11-14-7-4-3-5-8-14/h3-12H,2H2,1H3/b12-11+. The van der Waals surface area contributed by atoms with Gasteiger partial charge in [0.1, 0.15) is 6.07 Å². The predicted octanol–water partition coefficient (Wildman–Crippen LogP) is 3.74. The monoisotopic (exact) mass is 277 g/mol. The van der Waals surface area contributed by atoms with Crippen molar-refractivity contribution in [2.24, 2.45) is 0 Å². The first-order valence-corrected chi connectivity index (χ1v) is 6.71. The smallest absolute Gasteiger partial charge is 0.336 e. The van der Waals surface area contributed by atoms with Gasteiger partial charge >= 0.3 is 5.97 Å². The summed E-state index contributed by atoms with van der Waals surface area (Å²) < 4.78 is 5.33. The first-order valence-electron chi connectivity index (χ1n) is 6.71. The van der Waals surface area contributed by atoms with Crippen LogP contribution in [0.2, 0.25) is 0 Å². The van der Waals surface area contributed by atoms with Crippen LogP contribution in [0, 0.1) is 11.3 Å². The Bertz CT molecular complexity index is 697. The average Bonchev–Trinajstić information content (AvgIpc) is 2.54. The number of ether oxygens (including phenoxy) is 1. The van der Waals surface area contributed by atoms with Gasteiger partial charge in [-0.1, -0.05) is 49.4 Å². The second-order valence-corrected chi connectivity index (χ2v) is 4.42. The van der Waals surface area contributed by atoms with Gasteiger partial charge in [0.25, 0.3) is 0 Å². The predicted molar refractivity (Wildman–Crippen MR) is 81.6 cm³/mol. The van der Waals surface area contributed by atoms with Crippen molar-refractivity contribution in [2.75, 3.05) is 0 Å². The Morgan fingerprint density at radius 1 is 1.19 bits per heavy atom. The first-order chi connectivity index (χ1) is 10.2. The Labute approximate surface area is 124 Å². The second kappa shape index (κ2) is 7.06. The van der Waals surface area contributed by atoms with E-state index in [-0.39, 0.29) is 0 Å². The molecule has 0 bridgehead atoms. The van der Waals surface area contributed by atoms with E-state index in [1.165, 1.54) is 6.08 Å². The van der Waals surface area contributed by atoms with Crippen LogP contribution in [0.15, 0.2) is 54.6 Å². The van der Waals surface area contributed by atoms with Gasteiger partial charge in [-0.15, -0.1) is 0 Å². The quantitative estimate of drug-likeness (QED) is 0.486. The lowest BCUT2D eigenvalue weighted by molar-refractivity contribution is -0.128. The van der Waals surface area contributed by atoms with Crippen LogP contribution in [0.25, 0.3) is 6.08 Å². The maximum atomic E-state index is 11.9. The lowest BCUT2D eigenvalue weighted by Crippen LogP contribution is -2.07. The van der Waals surface area contributed by atoms with Crippen LogP contribution in [0.4, 0.5) is 0 Å². The average molecular weight is 277 g/mol. The number of esters is 1. The van der Waals surface area contributed by atoms with E-state index in [2.05, 4.69) is 0 Å². The second-order valence-electron chi connectivity index (χ2n) is 4.42.